The summed E-state index contributed by atoms with van der Waals surface area (Å²) in [7, 11) is 0. The zero-order valence-corrected chi connectivity index (χ0v) is 12.5. The van der Waals surface area contributed by atoms with E-state index in [2.05, 4.69) is 15.9 Å². The molecule has 0 heterocycles. The fraction of sp³-hybridized carbons (Fsp3) is 0.385. The molecule has 0 saturated carbocycles. The Morgan fingerprint density at radius 1 is 1.44 bits per heavy atom. The normalized spacial score (nSPS) is 12.0. The Hall–Kier alpha value is -0.870. The van der Waals surface area contributed by atoms with E-state index in [1.165, 1.54) is 6.92 Å². The molecule has 0 amide bonds. The van der Waals surface area contributed by atoms with Crippen LogP contribution in [-0.2, 0) is 14.9 Å². The van der Waals surface area contributed by atoms with Crippen molar-refractivity contribution in [3.63, 3.8) is 0 Å². The van der Waals surface area contributed by atoms with Crippen molar-refractivity contribution in [2.75, 3.05) is 6.61 Å². The van der Waals surface area contributed by atoms with Gasteiger partial charge in [0, 0.05) is 5.33 Å². The minimum absolute atomic E-state index is 0.199. The first-order chi connectivity index (χ1) is 8.52. The van der Waals surface area contributed by atoms with E-state index in [4.69, 9.17) is 16.3 Å². The molecule has 1 atom stereocenters. The van der Waals surface area contributed by atoms with Gasteiger partial charge in [-0.25, -0.2) is 4.79 Å². The number of carbonyl (C=O) groups excluding carboxylic acids is 2. The van der Waals surface area contributed by atoms with E-state index in [1.807, 2.05) is 6.07 Å². The molecule has 0 N–H and O–H groups in total. The molecular weight excluding hydrogens is 319 g/mol. The van der Waals surface area contributed by atoms with Gasteiger partial charge >= 0.3 is 5.97 Å². The van der Waals surface area contributed by atoms with Crippen molar-refractivity contribution in [1.29, 1.82) is 0 Å². The van der Waals surface area contributed by atoms with Crippen LogP contribution in [0.3, 0.4) is 0 Å². The first-order valence-electron chi connectivity index (χ1n) is 5.52. The SMILES string of the molecule is CCOC(=O)c1cccc(CBr)c1C(Cl)C(C)=O. The highest BCUT2D eigenvalue weighted by atomic mass is 79.9. The summed E-state index contributed by atoms with van der Waals surface area (Å²) in [5, 5.41) is -0.315. The predicted molar refractivity (Wildman–Crippen MR) is 74.3 cm³/mol. The molecule has 0 aliphatic heterocycles. The molecule has 0 aliphatic carbocycles. The van der Waals surface area contributed by atoms with Crippen LogP contribution in [0.25, 0.3) is 0 Å². The van der Waals surface area contributed by atoms with Crippen LogP contribution in [0.2, 0.25) is 0 Å². The van der Waals surface area contributed by atoms with Crippen LogP contribution < -0.4 is 0 Å². The molecule has 18 heavy (non-hydrogen) atoms. The van der Waals surface area contributed by atoms with Crippen LogP contribution in [0.15, 0.2) is 18.2 Å². The van der Waals surface area contributed by atoms with Crippen LogP contribution in [-0.4, -0.2) is 18.4 Å². The zero-order valence-electron chi connectivity index (χ0n) is 10.2. The van der Waals surface area contributed by atoms with E-state index in [0.717, 1.165) is 5.56 Å². The molecule has 98 valence electrons. The van der Waals surface area contributed by atoms with Gasteiger partial charge in [-0.1, -0.05) is 28.1 Å². The highest BCUT2D eigenvalue weighted by Crippen LogP contribution is 2.30. The average Bonchev–Trinajstić information content (AvgIpc) is 2.37. The van der Waals surface area contributed by atoms with Crippen molar-refractivity contribution in [1.82, 2.24) is 0 Å². The van der Waals surface area contributed by atoms with Gasteiger partial charge < -0.3 is 4.74 Å². The summed E-state index contributed by atoms with van der Waals surface area (Å²) in [6.45, 7) is 3.41. The van der Waals surface area contributed by atoms with Crippen LogP contribution in [0.5, 0.6) is 0 Å². The van der Waals surface area contributed by atoms with E-state index >= 15 is 0 Å². The Kier molecular flexibility index (Phi) is 5.82. The Morgan fingerprint density at radius 3 is 2.61 bits per heavy atom. The van der Waals surface area contributed by atoms with Gasteiger partial charge in [-0.15, -0.1) is 11.6 Å². The maximum absolute atomic E-state index is 11.9. The maximum atomic E-state index is 11.9. The summed E-state index contributed by atoms with van der Waals surface area (Å²) in [5.74, 6) is -0.655. The second-order valence-corrected chi connectivity index (χ2v) is 4.70. The monoisotopic (exact) mass is 332 g/mol. The number of rotatable bonds is 5. The summed E-state index contributed by atoms with van der Waals surface area (Å²) in [6.07, 6.45) is 0. The van der Waals surface area contributed by atoms with Crippen LogP contribution in [0.1, 0.15) is 40.7 Å². The number of halogens is 2. The maximum Gasteiger partial charge on any atom is 0.338 e. The number of Topliss-reactive ketones (excluding diaryl/α,β-unsaturated/α-hetero) is 1. The van der Waals surface area contributed by atoms with E-state index in [0.29, 0.717) is 16.5 Å². The average molecular weight is 334 g/mol. The van der Waals surface area contributed by atoms with E-state index in [1.54, 1.807) is 19.1 Å². The van der Waals surface area contributed by atoms with E-state index in [-0.39, 0.29) is 12.4 Å². The Morgan fingerprint density at radius 2 is 2.11 bits per heavy atom. The standard InChI is InChI=1S/C13H14BrClO3/c1-3-18-13(17)10-6-4-5-9(7-14)11(10)12(15)8(2)16/h4-6,12H,3,7H2,1-2H3. The third-order valence-corrected chi connectivity index (χ3v) is 3.58. The Balaban J connectivity index is 3.33. The van der Waals surface area contributed by atoms with Gasteiger partial charge in [0.05, 0.1) is 12.2 Å². The van der Waals surface area contributed by atoms with Crippen molar-refractivity contribution < 1.29 is 14.3 Å². The first-order valence-corrected chi connectivity index (χ1v) is 7.08. The third-order valence-electron chi connectivity index (χ3n) is 2.45. The molecule has 0 aliphatic rings. The number of benzene rings is 1. The molecule has 3 nitrogen and oxygen atoms in total. The largest absolute Gasteiger partial charge is 0.462 e. The summed E-state index contributed by atoms with van der Waals surface area (Å²) in [4.78, 5) is 23.3. The van der Waals surface area contributed by atoms with Gasteiger partial charge in [-0.05, 0) is 31.0 Å². The summed E-state index contributed by atoms with van der Waals surface area (Å²) >= 11 is 9.42. The lowest BCUT2D eigenvalue weighted by Gasteiger charge is -2.15. The number of hydrogen-bond acceptors (Lipinski definition) is 3. The topological polar surface area (TPSA) is 43.4 Å². The molecular formula is C13H14BrClO3. The van der Waals surface area contributed by atoms with Crippen molar-refractivity contribution in [3.05, 3.63) is 34.9 Å². The quantitative estimate of drug-likeness (QED) is 0.610. The molecule has 1 rings (SSSR count). The fourth-order valence-electron chi connectivity index (χ4n) is 1.62. The van der Waals surface area contributed by atoms with E-state index in [9.17, 15) is 9.59 Å². The van der Waals surface area contributed by atoms with Crippen LogP contribution >= 0.6 is 27.5 Å². The summed E-state index contributed by atoms with van der Waals surface area (Å²) < 4.78 is 4.97. The van der Waals surface area contributed by atoms with Crippen LogP contribution in [0, 0.1) is 0 Å². The van der Waals surface area contributed by atoms with Gasteiger partial charge in [0.25, 0.3) is 0 Å². The second-order valence-electron chi connectivity index (χ2n) is 3.71. The number of ketones is 1. The molecule has 0 fully saturated rings. The fourth-order valence-corrected chi connectivity index (χ4v) is 2.37. The van der Waals surface area contributed by atoms with Gasteiger partial charge in [-0.3, -0.25) is 4.79 Å². The molecule has 0 bridgehead atoms. The molecule has 0 saturated heterocycles. The van der Waals surface area contributed by atoms with Gasteiger partial charge in [0.15, 0.2) is 5.78 Å². The van der Waals surface area contributed by atoms with Crippen molar-refractivity contribution >= 4 is 39.3 Å². The number of ether oxygens (including phenoxy) is 1. The molecule has 1 aromatic carbocycles. The summed E-state index contributed by atoms with van der Waals surface area (Å²) in [5.41, 5.74) is 1.70. The highest BCUT2D eigenvalue weighted by molar-refractivity contribution is 9.08. The molecule has 1 aromatic rings. The molecule has 5 heteroatoms. The summed E-state index contributed by atoms with van der Waals surface area (Å²) in [6, 6.07) is 5.19. The predicted octanol–water partition coefficient (Wildman–Crippen LogP) is 3.63. The zero-order chi connectivity index (χ0) is 13.7. The van der Waals surface area contributed by atoms with E-state index < -0.39 is 11.3 Å². The first kappa shape index (κ1) is 15.2. The number of hydrogen-bond donors (Lipinski definition) is 0. The number of alkyl halides is 2. The van der Waals surface area contributed by atoms with Crippen molar-refractivity contribution in [3.8, 4) is 0 Å². The molecule has 0 spiro atoms. The minimum atomic E-state index is -0.835. The lowest BCUT2D eigenvalue weighted by molar-refractivity contribution is -0.116. The molecule has 0 aromatic heterocycles. The minimum Gasteiger partial charge on any atom is -0.462 e. The Bertz CT molecular complexity index is 460. The highest BCUT2D eigenvalue weighted by Gasteiger charge is 2.24. The number of carbonyl (C=O) groups is 2. The molecule has 1 unspecified atom stereocenters. The third kappa shape index (κ3) is 3.33. The lowest BCUT2D eigenvalue weighted by Crippen LogP contribution is -2.14. The van der Waals surface area contributed by atoms with Crippen molar-refractivity contribution in [2.45, 2.75) is 24.6 Å². The lowest BCUT2D eigenvalue weighted by atomic mass is 9.97. The second kappa shape index (κ2) is 6.90. The van der Waals surface area contributed by atoms with Crippen molar-refractivity contribution in [2.24, 2.45) is 0 Å². The van der Waals surface area contributed by atoms with Gasteiger partial charge in [0.1, 0.15) is 5.38 Å². The van der Waals surface area contributed by atoms with Gasteiger partial charge in [-0.2, -0.15) is 0 Å². The molecule has 0 radical (unpaired) electrons. The smallest absolute Gasteiger partial charge is 0.338 e. The van der Waals surface area contributed by atoms with Gasteiger partial charge in [0.2, 0.25) is 0 Å². The van der Waals surface area contributed by atoms with Crippen LogP contribution in [0.4, 0.5) is 0 Å². The Labute approximate surface area is 120 Å². The number of esters is 1.